The van der Waals surface area contributed by atoms with E-state index < -0.39 is 6.36 Å². The molecule has 1 amide bonds. The minimum Gasteiger partial charge on any atom is -0.406 e. The Kier molecular flexibility index (Phi) is 6.84. The van der Waals surface area contributed by atoms with Gasteiger partial charge in [-0.05, 0) is 59.0 Å². The third kappa shape index (κ3) is 6.01. The first-order valence-corrected chi connectivity index (χ1v) is 12.2. The minimum absolute atomic E-state index is 0.291. The number of nitrogens with two attached hydrogens (primary N) is 1. The summed E-state index contributed by atoms with van der Waals surface area (Å²) in [5.41, 5.74) is 10.4. The molecule has 0 unspecified atom stereocenters. The van der Waals surface area contributed by atoms with Crippen molar-refractivity contribution in [1.29, 1.82) is 0 Å². The standard InChI is InChI=1S/C27H20F3N5O2S/c28-27(29,30)37-21-9-6-17(7-10-21)15-35-16-24(33-34-35)18-3-1-4-20(13-18)26(36)32-23-14-19(8-11-22(23)31)25-5-2-12-38-25/h1-14,16H,15,31H2,(H,32,36). The molecular formula is C27H20F3N5O2S. The van der Waals surface area contributed by atoms with Crippen LogP contribution in [0.2, 0.25) is 0 Å². The summed E-state index contributed by atoms with van der Waals surface area (Å²) in [6.07, 6.45) is -3.05. The smallest absolute Gasteiger partial charge is 0.406 e. The Bertz CT molecular complexity index is 1560. The fraction of sp³-hybridized carbons (Fsp3) is 0.0741. The van der Waals surface area contributed by atoms with Gasteiger partial charge in [0.05, 0.1) is 24.1 Å². The van der Waals surface area contributed by atoms with Gasteiger partial charge >= 0.3 is 6.36 Å². The van der Waals surface area contributed by atoms with E-state index in [2.05, 4.69) is 20.4 Å². The summed E-state index contributed by atoms with van der Waals surface area (Å²) in [6.45, 7) is 0.291. The third-order valence-corrected chi connectivity index (χ3v) is 6.49. The van der Waals surface area contributed by atoms with Crippen molar-refractivity contribution in [3.05, 3.63) is 102 Å². The van der Waals surface area contributed by atoms with E-state index in [1.807, 2.05) is 29.6 Å². The number of anilines is 2. The van der Waals surface area contributed by atoms with E-state index in [-0.39, 0.29) is 11.7 Å². The van der Waals surface area contributed by atoms with Gasteiger partial charge in [0.25, 0.3) is 5.91 Å². The van der Waals surface area contributed by atoms with E-state index in [9.17, 15) is 18.0 Å². The molecule has 5 aromatic rings. The molecule has 0 saturated carbocycles. The number of nitrogen functional groups attached to an aromatic ring is 1. The molecule has 2 heterocycles. The lowest BCUT2D eigenvalue weighted by Crippen LogP contribution is -2.17. The largest absolute Gasteiger partial charge is 0.573 e. The van der Waals surface area contributed by atoms with Crippen molar-refractivity contribution in [3.63, 3.8) is 0 Å². The summed E-state index contributed by atoms with van der Waals surface area (Å²) < 4.78 is 42.5. The van der Waals surface area contributed by atoms with Gasteiger partial charge < -0.3 is 15.8 Å². The van der Waals surface area contributed by atoms with Crippen LogP contribution in [-0.2, 0) is 6.54 Å². The molecule has 3 aromatic carbocycles. The van der Waals surface area contributed by atoms with Crippen molar-refractivity contribution < 1.29 is 22.7 Å². The number of hydrogen-bond acceptors (Lipinski definition) is 6. The second-order valence-electron chi connectivity index (χ2n) is 8.31. The highest BCUT2D eigenvalue weighted by Crippen LogP contribution is 2.31. The monoisotopic (exact) mass is 535 g/mol. The lowest BCUT2D eigenvalue weighted by Gasteiger charge is -2.10. The van der Waals surface area contributed by atoms with Crippen molar-refractivity contribution in [2.75, 3.05) is 11.1 Å². The number of ether oxygens (including phenoxy) is 1. The predicted molar refractivity (Wildman–Crippen MR) is 140 cm³/mol. The van der Waals surface area contributed by atoms with E-state index in [1.165, 1.54) is 24.3 Å². The zero-order chi connectivity index (χ0) is 26.7. The van der Waals surface area contributed by atoms with E-state index in [0.717, 1.165) is 10.4 Å². The van der Waals surface area contributed by atoms with Gasteiger partial charge in [-0.3, -0.25) is 4.79 Å². The second-order valence-corrected chi connectivity index (χ2v) is 9.26. The first kappa shape index (κ1) is 25.0. The number of carbonyl (C=O) groups excluding carboxylic acids is 1. The van der Waals surface area contributed by atoms with Crippen LogP contribution >= 0.6 is 11.3 Å². The molecule has 7 nitrogen and oxygen atoms in total. The van der Waals surface area contributed by atoms with Gasteiger partial charge in [0.2, 0.25) is 0 Å². The Labute approximate surface area is 219 Å². The van der Waals surface area contributed by atoms with Crippen LogP contribution in [0.1, 0.15) is 15.9 Å². The van der Waals surface area contributed by atoms with E-state index in [1.54, 1.807) is 52.5 Å². The summed E-state index contributed by atoms with van der Waals surface area (Å²) in [4.78, 5) is 14.1. The number of amides is 1. The molecule has 0 spiro atoms. The zero-order valence-corrected chi connectivity index (χ0v) is 20.5. The molecule has 0 fully saturated rings. The summed E-state index contributed by atoms with van der Waals surface area (Å²) in [7, 11) is 0. The maximum absolute atomic E-state index is 13.0. The van der Waals surface area contributed by atoms with Gasteiger partial charge in [0.1, 0.15) is 11.4 Å². The topological polar surface area (TPSA) is 95.1 Å². The van der Waals surface area contributed by atoms with Crippen LogP contribution in [0.4, 0.5) is 24.5 Å². The molecule has 0 saturated heterocycles. The highest BCUT2D eigenvalue weighted by atomic mass is 32.1. The lowest BCUT2D eigenvalue weighted by molar-refractivity contribution is -0.274. The Balaban J connectivity index is 1.28. The van der Waals surface area contributed by atoms with Crippen molar-refractivity contribution >= 4 is 28.6 Å². The molecule has 11 heteroatoms. The number of thiophene rings is 1. The van der Waals surface area contributed by atoms with Crippen molar-refractivity contribution in [3.8, 4) is 27.4 Å². The number of aromatic nitrogens is 3. The van der Waals surface area contributed by atoms with E-state index in [0.29, 0.717) is 40.3 Å². The number of nitrogens with one attached hydrogen (secondary N) is 1. The normalized spacial score (nSPS) is 11.3. The lowest BCUT2D eigenvalue weighted by atomic mass is 10.1. The molecule has 0 bridgehead atoms. The van der Waals surface area contributed by atoms with Crippen LogP contribution in [0.25, 0.3) is 21.7 Å². The Morgan fingerprint density at radius 1 is 1.00 bits per heavy atom. The van der Waals surface area contributed by atoms with E-state index >= 15 is 0 Å². The van der Waals surface area contributed by atoms with Gasteiger partial charge in [0.15, 0.2) is 0 Å². The number of carbonyl (C=O) groups is 1. The zero-order valence-electron chi connectivity index (χ0n) is 19.6. The first-order chi connectivity index (χ1) is 18.2. The van der Waals surface area contributed by atoms with Crippen molar-refractivity contribution in [2.45, 2.75) is 12.9 Å². The Morgan fingerprint density at radius 3 is 2.55 bits per heavy atom. The minimum atomic E-state index is -4.74. The maximum atomic E-state index is 13.0. The average Bonchev–Trinajstić information content (AvgIpc) is 3.59. The molecular weight excluding hydrogens is 515 g/mol. The number of nitrogens with zero attached hydrogens (tertiary/aromatic N) is 3. The number of benzene rings is 3. The van der Waals surface area contributed by atoms with Crippen LogP contribution < -0.4 is 15.8 Å². The van der Waals surface area contributed by atoms with Crippen LogP contribution in [0.3, 0.4) is 0 Å². The number of alkyl halides is 3. The van der Waals surface area contributed by atoms with Gasteiger partial charge in [-0.2, -0.15) is 0 Å². The third-order valence-electron chi connectivity index (χ3n) is 5.57. The van der Waals surface area contributed by atoms with Crippen LogP contribution in [0.5, 0.6) is 5.75 Å². The molecule has 0 radical (unpaired) electrons. The molecule has 3 N–H and O–H groups in total. The molecule has 5 rings (SSSR count). The molecule has 0 atom stereocenters. The number of hydrogen-bond donors (Lipinski definition) is 2. The number of rotatable bonds is 7. The predicted octanol–water partition coefficient (Wildman–Crippen LogP) is 6.46. The summed E-state index contributed by atoms with van der Waals surface area (Å²) in [5, 5.41) is 13.1. The SMILES string of the molecule is Nc1ccc(-c2cccs2)cc1NC(=O)c1cccc(-c2cn(Cc3ccc(OC(F)(F)F)cc3)nn2)c1. The Hall–Kier alpha value is -4.64. The molecule has 0 aliphatic heterocycles. The Morgan fingerprint density at radius 2 is 1.82 bits per heavy atom. The van der Waals surface area contributed by atoms with Gasteiger partial charge in [-0.15, -0.1) is 29.6 Å². The highest BCUT2D eigenvalue weighted by molar-refractivity contribution is 7.13. The van der Waals surface area contributed by atoms with Crippen LogP contribution in [-0.4, -0.2) is 27.3 Å². The number of halogens is 3. The molecule has 2 aromatic heterocycles. The van der Waals surface area contributed by atoms with Gasteiger partial charge in [-0.25, -0.2) is 4.68 Å². The van der Waals surface area contributed by atoms with Crippen LogP contribution in [0.15, 0.2) is 90.4 Å². The van der Waals surface area contributed by atoms with Crippen molar-refractivity contribution in [2.24, 2.45) is 0 Å². The average molecular weight is 536 g/mol. The fourth-order valence-electron chi connectivity index (χ4n) is 3.77. The fourth-order valence-corrected chi connectivity index (χ4v) is 4.49. The van der Waals surface area contributed by atoms with E-state index in [4.69, 9.17) is 5.73 Å². The molecule has 38 heavy (non-hydrogen) atoms. The first-order valence-electron chi connectivity index (χ1n) is 11.3. The van der Waals surface area contributed by atoms with Gasteiger partial charge in [0, 0.05) is 16.0 Å². The van der Waals surface area contributed by atoms with Crippen LogP contribution in [0, 0.1) is 0 Å². The highest BCUT2D eigenvalue weighted by Gasteiger charge is 2.30. The summed E-state index contributed by atoms with van der Waals surface area (Å²) in [5.74, 6) is -0.619. The molecule has 0 aliphatic rings. The summed E-state index contributed by atoms with van der Waals surface area (Å²) >= 11 is 1.60. The quantitative estimate of drug-likeness (QED) is 0.234. The second kappa shape index (κ2) is 10.4. The van der Waals surface area contributed by atoms with Crippen molar-refractivity contribution in [1.82, 2.24) is 15.0 Å². The maximum Gasteiger partial charge on any atom is 0.573 e. The molecule has 0 aliphatic carbocycles. The molecule has 192 valence electrons. The van der Waals surface area contributed by atoms with Gasteiger partial charge in [-0.1, -0.05) is 41.6 Å². The summed E-state index contributed by atoms with van der Waals surface area (Å²) in [6, 6.07) is 21.9.